The number of fused-ring (bicyclic) bond motifs is 1. The van der Waals surface area contributed by atoms with Gasteiger partial charge in [0.25, 0.3) is 11.5 Å². The van der Waals surface area contributed by atoms with E-state index in [-0.39, 0.29) is 24.0 Å². The van der Waals surface area contributed by atoms with Crippen LogP contribution in [0.1, 0.15) is 37.4 Å². The van der Waals surface area contributed by atoms with E-state index < -0.39 is 6.10 Å². The van der Waals surface area contributed by atoms with E-state index in [4.69, 9.17) is 9.47 Å². The monoisotopic (exact) mass is 464 g/mol. The predicted molar refractivity (Wildman–Crippen MR) is 127 cm³/mol. The number of carbonyl (C=O) groups excluding carboxylic acids is 1. The smallest absolute Gasteiger partial charge is 0.275 e. The number of aromatic nitrogens is 3. The molecule has 0 saturated carbocycles. The lowest BCUT2D eigenvalue weighted by atomic mass is 10.2. The maximum atomic E-state index is 12.5. The van der Waals surface area contributed by atoms with Gasteiger partial charge < -0.3 is 14.8 Å². The first-order valence-corrected chi connectivity index (χ1v) is 11.4. The zero-order valence-corrected chi connectivity index (χ0v) is 19.3. The number of hydrogen-bond acceptors (Lipinski definition) is 7. The van der Waals surface area contributed by atoms with E-state index in [2.05, 4.69) is 15.4 Å². The van der Waals surface area contributed by atoms with Crippen LogP contribution < -0.4 is 20.3 Å². The number of ether oxygens (including phenoxy) is 2. The third kappa shape index (κ3) is 5.56. The van der Waals surface area contributed by atoms with Crippen LogP contribution in [0, 0.1) is 0 Å². The summed E-state index contributed by atoms with van der Waals surface area (Å²) < 4.78 is 12.8. The molecule has 9 heteroatoms. The SMILES string of the molecule is CC(C)c1nn2c(=O)cc(COc3cccc(NC(=O)[C@H](C)Oc4ccccc4)c3)nc2s1. The van der Waals surface area contributed by atoms with Gasteiger partial charge >= 0.3 is 0 Å². The van der Waals surface area contributed by atoms with Crippen LogP contribution in [-0.2, 0) is 11.4 Å². The molecule has 0 fully saturated rings. The van der Waals surface area contributed by atoms with Crippen molar-refractivity contribution in [2.75, 3.05) is 5.32 Å². The Morgan fingerprint density at radius 2 is 1.82 bits per heavy atom. The molecule has 170 valence electrons. The second-order valence-electron chi connectivity index (χ2n) is 7.75. The Kier molecular flexibility index (Phi) is 6.69. The number of amides is 1. The molecule has 8 nitrogen and oxygen atoms in total. The number of benzene rings is 2. The third-order valence-corrected chi connectivity index (χ3v) is 5.93. The van der Waals surface area contributed by atoms with Crippen molar-refractivity contribution >= 4 is 27.9 Å². The van der Waals surface area contributed by atoms with Crippen LogP contribution in [0.4, 0.5) is 5.69 Å². The average Bonchev–Trinajstić information content (AvgIpc) is 3.24. The number of para-hydroxylation sites is 1. The summed E-state index contributed by atoms with van der Waals surface area (Å²) in [5.41, 5.74) is 0.849. The number of hydrogen-bond donors (Lipinski definition) is 1. The van der Waals surface area contributed by atoms with Gasteiger partial charge in [0.1, 0.15) is 23.1 Å². The lowest BCUT2D eigenvalue weighted by Crippen LogP contribution is -2.30. The topological polar surface area (TPSA) is 94.8 Å². The third-order valence-electron chi connectivity index (χ3n) is 4.72. The van der Waals surface area contributed by atoms with Gasteiger partial charge in [-0.05, 0) is 31.2 Å². The molecule has 2 heterocycles. The molecule has 0 spiro atoms. The van der Waals surface area contributed by atoms with Crippen molar-refractivity contribution in [3.63, 3.8) is 0 Å². The van der Waals surface area contributed by atoms with E-state index in [0.717, 1.165) is 5.01 Å². The maximum Gasteiger partial charge on any atom is 0.275 e. The molecule has 0 aliphatic carbocycles. The summed E-state index contributed by atoms with van der Waals surface area (Å²) in [4.78, 5) is 29.9. The van der Waals surface area contributed by atoms with Gasteiger partial charge in [-0.15, -0.1) is 0 Å². The molecule has 1 N–H and O–H groups in total. The number of anilines is 1. The molecule has 33 heavy (non-hydrogen) atoms. The van der Waals surface area contributed by atoms with Crippen molar-refractivity contribution in [3.05, 3.63) is 81.7 Å². The van der Waals surface area contributed by atoms with Gasteiger partial charge in [0.05, 0.1) is 5.69 Å². The first-order valence-electron chi connectivity index (χ1n) is 10.5. The summed E-state index contributed by atoms with van der Waals surface area (Å²) >= 11 is 1.39. The van der Waals surface area contributed by atoms with Crippen molar-refractivity contribution in [1.29, 1.82) is 0 Å². The molecule has 0 aliphatic rings. The fourth-order valence-corrected chi connectivity index (χ4v) is 3.93. The minimum atomic E-state index is -0.670. The second kappa shape index (κ2) is 9.83. The van der Waals surface area contributed by atoms with Crippen LogP contribution >= 0.6 is 11.3 Å². The summed E-state index contributed by atoms with van der Waals surface area (Å²) in [5.74, 6) is 1.11. The van der Waals surface area contributed by atoms with Crippen LogP contribution in [0.15, 0.2) is 65.5 Å². The standard InChI is InChI=1S/C24H24N4O4S/c1-15(2)23-27-28-21(29)13-18(26-24(28)33-23)14-31-20-11-7-8-17(12-20)25-22(30)16(3)32-19-9-5-4-6-10-19/h4-13,15-16H,14H2,1-3H3,(H,25,30)/t16-/m0/s1. The molecule has 2 aromatic carbocycles. The van der Waals surface area contributed by atoms with E-state index in [0.29, 0.717) is 27.8 Å². The van der Waals surface area contributed by atoms with Crippen molar-refractivity contribution in [1.82, 2.24) is 14.6 Å². The highest BCUT2D eigenvalue weighted by Crippen LogP contribution is 2.21. The predicted octanol–water partition coefficient (Wildman–Crippen LogP) is 4.26. The van der Waals surface area contributed by atoms with E-state index in [9.17, 15) is 9.59 Å². The second-order valence-corrected chi connectivity index (χ2v) is 8.74. The molecule has 0 saturated heterocycles. The minimum Gasteiger partial charge on any atom is -0.487 e. The normalized spacial score (nSPS) is 12.0. The Balaban J connectivity index is 1.40. The average molecular weight is 465 g/mol. The molecule has 0 radical (unpaired) electrons. The highest BCUT2D eigenvalue weighted by molar-refractivity contribution is 7.16. The Morgan fingerprint density at radius 3 is 2.58 bits per heavy atom. The molecule has 1 amide bonds. The lowest BCUT2D eigenvalue weighted by Gasteiger charge is -2.15. The highest BCUT2D eigenvalue weighted by atomic mass is 32.1. The van der Waals surface area contributed by atoms with Crippen LogP contribution in [0.3, 0.4) is 0 Å². The number of carbonyl (C=O) groups is 1. The maximum absolute atomic E-state index is 12.5. The van der Waals surface area contributed by atoms with Crippen LogP contribution in [0.25, 0.3) is 4.96 Å². The minimum absolute atomic E-state index is 0.117. The molecule has 4 rings (SSSR count). The van der Waals surface area contributed by atoms with E-state index in [1.54, 1.807) is 43.3 Å². The van der Waals surface area contributed by atoms with E-state index >= 15 is 0 Å². The Morgan fingerprint density at radius 1 is 1.06 bits per heavy atom. The lowest BCUT2D eigenvalue weighted by molar-refractivity contribution is -0.122. The van der Waals surface area contributed by atoms with Crippen LogP contribution in [0.5, 0.6) is 11.5 Å². The first kappa shape index (κ1) is 22.5. The number of rotatable bonds is 8. The molecular formula is C24H24N4O4S. The summed E-state index contributed by atoms with van der Waals surface area (Å²) in [5, 5.41) is 8.00. The quantitative estimate of drug-likeness (QED) is 0.419. The summed E-state index contributed by atoms with van der Waals surface area (Å²) in [6.07, 6.45) is -0.670. The molecule has 0 bridgehead atoms. The Bertz CT molecular complexity index is 1320. The molecule has 4 aromatic rings. The van der Waals surface area contributed by atoms with Gasteiger partial charge in [-0.1, -0.05) is 49.4 Å². The van der Waals surface area contributed by atoms with E-state index in [1.807, 2.05) is 32.0 Å². The van der Waals surface area contributed by atoms with Crippen molar-refractivity contribution in [2.24, 2.45) is 0 Å². The van der Waals surface area contributed by atoms with Gasteiger partial charge in [-0.3, -0.25) is 9.59 Å². The fraction of sp³-hybridized carbons (Fsp3) is 0.250. The summed E-state index contributed by atoms with van der Waals surface area (Å²) in [6, 6.07) is 17.6. The summed E-state index contributed by atoms with van der Waals surface area (Å²) in [7, 11) is 0. The van der Waals surface area contributed by atoms with Gasteiger partial charge in [-0.25, -0.2) is 4.98 Å². The van der Waals surface area contributed by atoms with Gasteiger partial charge in [0.2, 0.25) is 4.96 Å². The largest absolute Gasteiger partial charge is 0.487 e. The zero-order chi connectivity index (χ0) is 23.4. The van der Waals surface area contributed by atoms with Crippen molar-refractivity contribution in [3.8, 4) is 11.5 Å². The number of nitrogens with one attached hydrogen (secondary N) is 1. The molecule has 0 aliphatic heterocycles. The zero-order valence-electron chi connectivity index (χ0n) is 18.5. The Hall–Kier alpha value is -3.72. The molecule has 0 unspecified atom stereocenters. The van der Waals surface area contributed by atoms with Crippen molar-refractivity contribution < 1.29 is 14.3 Å². The van der Waals surface area contributed by atoms with Gasteiger partial charge in [-0.2, -0.15) is 9.61 Å². The number of nitrogens with zero attached hydrogens (tertiary/aromatic N) is 3. The van der Waals surface area contributed by atoms with Gasteiger partial charge in [0.15, 0.2) is 6.10 Å². The Labute approximate surface area is 194 Å². The van der Waals surface area contributed by atoms with E-state index in [1.165, 1.54) is 21.9 Å². The van der Waals surface area contributed by atoms with Crippen LogP contribution in [0.2, 0.25) is 0 Å². The highest BCUT2D eigenvalue weighted by Gasteiger charge is 2.15. The van der Waals surface area contributed by atoms with Gasteiger partial charge in [0, 0.05) is 23.7 Å². The molecule has 1 atom stereocenters. The fourth-order valence-electron chi connectivity index (χ4n) is 3.00. The van der Waals surface area contributed by atoms with Crippen LogP contribution in [-0.4, -0.2) is 26.6 Å². The molecular weight excluding hydrogens is 440 g/mol. The molecule has 2 aromatic heterocycles. The first-order chi connectivity index (χ1) is 15.9. The van der Waals surface area contributed by atoms with Crippen molar-refractivity contribution in [2.45, 2.75) is 39.4 Å². The summed E-state index contributed by atoms with van der Waals surface area (Å²) in [6.45, 7) is 5.85.